The summed E-state index contributed by atoms with van der Waals surface area (Å²) in [5.41, 5.74) is 0. The van der Waals surface area contributed by atoms with Gasteiger partial charge in [-0.1, -0.05) is 0 Å². The van der Waals surface area contributed by atoms with E-state index in [0.29, 0.717) is 10.6 Å². The first kappa shape index (κ1) is 16.5. The number of aryl methyl sites for hydroxylation is 2. The molecule has 1 aromatic heterocycles. The summed E-state index contributed by atoms with van der Waals surface area (Å²) in [7, 11) is -3.77. The standard InChI is InChI=1S/C11H17NO4S3/c1-7-6-10(8(2)18-7)19(15,16)12-9(11(13)14)4-5-17-3/h6,9,12H,4-5H2,1-3H3,(H,13,14). The van der Waals surface area contributed by atoms with Crippen molar-refractivity contribution >= 4 is 39.1 Å². The molecule has 2 N–H and O–H groups in total. The van der Waals surface area contributed by atoms with Gasteiger partial charge in [0, 0.05) is 9.75 Å². The molecule has 0 aromatic carbocycles. The highest BCUT2D eigenvalue weighted by atomic mass is 32.2. The molecule has 19 heavy (non-hydrogen) atoms. The van der Waals surface area contributed by atoms with E-state index >= 15 is 0 Å². The lowest BCUT2D eigenvalue weighted by molar-refractivity contribution is -0.139. The Morgan fingerprint density at radius 2 is 2.16 bits per heavy atom. The van der Waals surface area contributed by atoms with Gasteiger partial charge in [0.05, 0.1) is 4.90 Å². The molecule has 8 heteroatoms. The molecule has 108 valence electrons. The number of thiophene rings is 1. The van der Waals surface area contributed by atoms with Gasteiger partial charge < -0.3 is 5.11 Å². The van der Waals surface area contributed by atoms with Crippen molar-refractivity contribution in [1.82, 2.24) is 4.72 Å². The number of carboxylic acids is 1. The molecule has 0 aliphatic heterocycles. The van der Waals surface area contributed by atoms with Gasteiger partial charge in [-0.2, -0.15) is 16.5 Å². The van der Waals surface area contributed by atoms with Crippen LogP contribution < -0.4 is 4.72 Å². The number of nitrogens with one attached hydrogen (secondary N) is 1. The largest absolute Gasteiger partial charge is 0.480 e. The molecular weight excluding hydrogens is 306 g/mol. The van der Waals surface area contributed by atoms with E-state index in [1.165, 1.54) is 23.1 Å². The zero-order valence-electron chi connectivity index (χ0n) is 11.0. The van der Waals surface area contributed by atoms with E-state index in [1.807, 2.05) is 13.2 Å². The summed E-state index contributed by atoms with van der Waals surface area (Å²) in [5, 5.41) is 9.05. The van der Waals surface area contributed by atoms with Crippen molar-refractivity contribution < 1.29 is 18.3 Å². The summed E-state index contributed by atoms with van der Waals surface area (Å²) in [6.07, 6.45) is 2.11. The first-order chi connectivity index (χ1) is 8.77. The molecule has 0 radical (unpaired) electrons. The first-order valence-electron chi connectivity index (χ1n) is 5.59. The van der Waals surface area contributed by atoms with E-state index in [9.17, 15) is 13.2 Å². The number of sulfonamides is 1. The normalized spacial score (nSPS) is 13.4. The van der Waals surface area contributed by atoms with Crippen LogP contribution in [0.4, 0.5) is 0 Å². The molecule has 0 aliphatic rings. The Morgan fingerprint density at radius 3 is 2.58 bits per heavy atom. The quantitative estimate of drug-likeness (QED) is 0.800. The lowest BCUT2D eigenvalue weighted by Gasteiger charge is -2.14. The van der Waals surface area contributed by atoms with E-state index < -0.39 is 22.0 Å². The molecule has 0 saturated carbocycles. The number of hydrogen-bond acceptors (Lipinski definition) is 5. The Bertz CT molecular complexity index is 550. The van der Waals surface area contributed by atoms with E-state index in [2.05, 4.69) is 4.72 Å². The number of rotatable bonds is 7. The average Bonchev–Trinajstić information content (AvgIpc) is 2.64. The van der Waals surface area contributed by atoms with Crippen LogP contribution in [-0.4, -0.2) is 37.5 Å². The van der Waals surface area contributed by atoms with Gasteiger partial charge in [-0.3, -0.25) is 4.79 Å². The highest BCUT2D eigenvalue weighted by Crippen LogP contribution is 2.25. The number of carboxylic acid groups (broad SMARTS) is 1. The van der Waals surface area contributed by atoms with Gasteiger partial charge in [0.1, 0.15) is 6.04 Å². The predicted octanol–water partition coefficient (Wildman–Crippen LogP) is 1.85. The summed E-state index contributed by atoms with van der Waals surface area (Å²) >= 11 is 2.86. The zero-order valence-corrected chi connectivity index (χ0v) is 13.4. The van der Waals surface area contributed by atoms with E-state index in [0.717, 1.165) is 4.88 Å². The molecule has 1 heterocycles. The van der Waals surface area contributed by atoms with Crippen molar-refractivity contribution in [2.24, 2.45) is 0 Å². The fourth-order valence-electron chi connectivity index (χ4n) is 1.59. The van der Waals surface area contributed by atoms with E-state index in [-0.39, 0.29) is 11.3 Å². The highest BCUT2D eigenvalue weighted by molar-refractivity contribution is 7.98. The molecule has 1 rings (SSSR count). The summed E-state index contributed by atoms with van der Waals surface area (Å²) < 4.78 is 26.6. The van der Waals surface area contributed by atoms with Crippen LogP contribution in [0, 0.1) is 13.8 Å². The van der Waals surface area contributed by atoms with Gasteiger partial charge in [-0.15, -0.1) is 11.3 Å². The maximum Gasteiger partial charge on any atom is 0.321 e. The Hall–Kier alpha value is -0.570. The second kappa shape index (κ2) is 6.74. The Balaban J connectivity index is 2.94. The molecule has 0 bridgehead atoms. The molecule has 0 saturated heterocycles. The van der Waals surface area contributed by atoms with Crippen LogP contribution in [0.1, 0.15) is 16.2 Å². The van der Waals surface area contributed by atoms with Crippen molar-refractivity contribution in [2.45, 2.75) is 31.2 Å². The lowest BCUT2D eigenvalue weighted by Crippen LogP contribution is -2.41. The second-order valence-electron chi connectivity index (χ2n) is 4.07. The smallest absolute Gasteiger partial charge is 0.321 e. The van der Waals surface area contributed by atoms with Crippen molar-refractivity contribution in [1.29, 1.82) is 0 Å². The first-order valence-corrected chi connectivity index (χ1v) is 9.28. The maximum atomic E-state index is 12.2. The summed E-state index contributed by atoms with van der Waals surface area (Å²) in [6, 6.07) is 0.479. The highest BCUT2D eigenvalue weighted by Gasteiger charge is 2.26. The van der Waals surface area contributed by atoms with Crippen molar-refractivity contribution in [2.75, 3.05) is 12.0 Å². The average molecular weight is 323 g/mol. The van der Waals surface area contributed by atoms with Gasteiger partial charge in [-0.25, -0.2) is 8.42 Å². The molecule has 1 aromatic rings. The molecular formula is C11H17NO4S3. The Kier molecular flexibility index (Phi) is 5.84. The molecule has 0 amide bonds. The van der Waals surface area contributed by atoms with Crippen LogP contribution in [0.25, 0.3) is 0 Å². The van der Waals surface area contributed by atoms with Gasteiger partial charge in [0.25, 0.3) is 0 Å². The number of thioether (sulfide) groups is 1. The summed E-state index contributed by atoms with van der Waals surface area (Å²) in [5.74, 6) is -0.566. The minimum atomic E-state index is -3.77. The lowest BCUT2D eigenvalue weighted by atomic mass is 10.2. The van der Waals surface area contributed by atoms with E-state index in [4.69, 9.17) is 5.11 Å². The topological polar surface area (TPSA) is 83.5 Å². The number of hydrogen-bond donors (Lipinski definition) is 2. The molecule has 5 nitrogen and oxygen atoms in total. The third-order valence-electron chi connectivity index (χ3n) is 2.49. The van der Waals surface area contributed by atoms with Crippen molar-refractivity contribution in [3.05, 3.63) is 15.8 Å². The third-order valence-corrected chi connectivity index (χ3v) is 5.83. The molecule has 1 unspecified atom stereocenters. The minimum Gasteiger partial charge on any atom is -0.480 e. The minimum absolute atomic E-state index is 0.172. The molecule has 0 aliphatic carbocycles. The van der Waals surface area contributed by atoms with Crippen LogP contribution in [-0.2, 0) is 14.8 Å². The molecule has 0 spiro atoms. The summed E-state index contributed by atoms with van der Waals surface area (Å²) in [6.45, 7) is 3.53. The maximum absolute atomic E-state index is 12.2. The fourth-order valence-corrected chi connectivity index (χ4v) is 4.84. The molecule has 0 fully saturated rings. The fraction of sp³-hybridized carbons (Fsp3) is 0.545. The Labute approximate surface area is 121 Å². The SMILES string of the molecule is CSCCC(NS(=O)(=O)c1cc(C)sc1C)C(=O)O. The van der Waals surface area contributed by atoms with Gasteiger partial charge in [0.2, 0.25) is 10.0 Å². The zero-order chi connectivity index (χ0) is 14.6. The van der Waals surface area contributed by atoms with Crippen LogP contribution in [0.3, 0.4) is 0 Å². The number of aliphatic carboxylic acids is 1. The summed E-state index contributed by atoms with van der Waals surface area (Å²) in [4.78, 5) is 12.8. The van der Waals surface area contributed by atoms with Crippen LogP contribution >= 0.6 is 23.1 Å². The van der Waals surface area contributed by atoms with Crippen molar-refractivity contribution in [3.8, 4) is 0 Å². The van der Waals surface area contributed by atoms with Crippen LogP contribution in [0.2, 0.25) is 0 Å². The van der Waals surface area contributed by atoms with Gasteiger partial charge >= 0.3 is 5.97 Å². The van der Waals surface area contributed by atoms with Crippen LogP contribution in [0.15, 0.2) is 11.0 Å². The van der Waals surface area contributed by atoms with E-state index in [1.54, 1.807) is 13.0 Å². The van der Waals surface area contributed by atoms with Gasteiger partial charge in [0.15, 0.2) is 0 Å². The van der Waals surface area contributed by atoms with Crippen molar-refractivity contribution in [3.63, 3.8) is 0 Å². The van der Waals surface area contributed by atoms with Crippen LogP contribution in [0.5, 0.6) is 0 Å². The predicted molar refractivity (Wildman–Crippen MR) is 78.5 cm³/mol. The number of carbonyl (C=O) groups is 1. The molecule has 1 atom stereocenters. The third kappa shape index (κ3) is 4.48. The second-order valence-corrected chi connectivity index (χ2v) is 8.20. The monoisotopic (exact) mass is 323 g/mol. The van der Waals surface area contributed by atoms with Gasteiger partial charge in [-0.05, 0) is 38.3 Å². The Morgan fingerprint density at radius 1 is 1.53 bits per heavy atom.